The van der Waals surface area contributed by atoms with E-state index in [1.165, 1.54) is 21.3 Å². The van der Waals surface area contributed by atoms with Crippen molar-refractivity contribution in [2.75, 3.05) is 36.0 Å². The summed E-state index contributed by atoms with van der Waals surface area (Å²) in [6.07, 6.45) is 0. The molecule has 0 radical (unpaired) electrons. The van der Waals surface area contributed by atoms with Crippen LogP contribution in [0.3, 0.4) is 0 Å². The average Bonchev–Trinajstić information content (AvgIpc) is 3.58. The number of para-hydroxylation sites is 3. The zero-order valence-electron chi connectivity index (χ0n) is 27.3. The summed E-state index contributed by atoms with van der Waals surface area (Å²) < 4.78 is 16.2. The predicted molar refractivity (Wildman–Crippen MR) is 189 cm³/mol. The van der Waals surface area contributed by atoms with Crippen LogP contribution in [0.15, 0.2) is 126 Å². The molecule has 9 nitrogen and oxygen atoms in total. The zero-order chi connectivity index (χ0) is 34.9. The van der Waals surface area contributed by atoms with E-state index in [4.69, 9.17) is 37.4 Å². The molecule has 0 atom stereocenters. The number of hydrogen-bond acceptors (Lipinski definition) is 9. The summed E-state index contributed by atoms with van der Waals surface area (Å²) in [6, 6.07) is 31.4. The van der Waals surface area contributed by atoms with E-state index in [1.54, 1.807) is 60.4 Å². The lowest BCUT2D eigenvalue weighted by molar-refractivity contribution is -0.139. The number of methoxy groups -OCH3 is 3. The number of carbonyl (C=O) groups is 3. The maximum Gasteiger partial charge on any atom is 0.355 e. The molecule has 0 saturated carbocycles. The number of esters is 3. The monoisotopic (exact) mass is 697 g/mol. The molecule has 0 saturated heterocycles. The topological polar surface area (TPSA) is 88.6 Å². The van der Waals surface area contributed by atoms with Crippen LogP contribution in [-0.4, -0.2) is 44.9 Å². The van der Waals surface area contributed by atoms with Gasteiger partial charge in [-0.2, -0.15) is 0 Å². The smallest absolute Gasteiger partial charge is 0.355 e. The van der Waals surface area contributed by atoms with Gasteiger partial charge in [-0.3, -0.25) is 0 Å². The van der Waals surface area contributed by atoms with Crippen molar-refractivity contribution in [2.45, 2.75) is 25.7 Å². The van der Waals surface area contributed by atoms with Crippen LogP contribution in [0.4, 0.5) is 17.1 Å². The minimum atomic E-state index is -1.67. The van der Waals surface area contributed by atoms with Crippen molar-refractivity contribution in [1.82, 2.24) is 0 Å². The summed E-state index contributed by atoms with van der Waals surface area (Å²) in [4.78, 5) is 48.0. The molecule has 6 rings (SSSR count). The summed E-state index contributed by atoms with van der Waals surface area (Å²) >= 11 is 12.6. The van der Waals surface area contributed by atoms with Gasteiger partial charge in [0.1, 0.15) is 11.3 Å². The summed E-state index contributed by atoms with van der Waals surface area (Å²) in [5.41, 5.74) is 2.32. The van der Waals surface area contributed by atoms with Gasteiger partial charge in [0.2, 0.25) is 0 Å². The van der Waals surface area contributed by atoms with Crippen molar-refractivity contribution in [1.29, 1.82) is 0 Å². The molecule has 2 aliphatic rings. The normalized spacial score (nSPS) is 15.8. The second-order valence-electron chi connectivity index (χ2n) is 11.4. The third-order valence-electron chi connectivity index (χ3n) is 8.74. The fourth-order valence-corrected chi connectivity index (χ4v) is 6.94. The third kappa shape index (κ3) is 5.68. The Morgan fingerprint density at radius 1 is 0.633 bits per heavy atom. The molecule has 11 heteroatoms. The van der Waals surface area contributed by atoms with Crippen molar-refractivity contribution in [2.24, 2.45) is 0 Å². The maximum atomic E-state index is 14.5. The van der Waals surface area contributed by atoms with Crippen LogP contribution >= 0.6 is 23.2 Å². The van der Waals surface area contributed by atoms with Crippen molar-refractivity contribution in [3.05, 3.63) is 147 Å². The van der Waals surface area contributed by atoms with E-state index in [0.717, 1.165) is 22.5 Å². The van der Waals surface area contributed by atoms with E-state index >= 15 is 0 Å². The first-order chi connectivity index (χ1) is 23.7. The average molecular weight is 699 g/mol. The Morgan fingerprint density at radius 3 is 1.55 bits per heavy atom. The molecule has 0 aliphatic carbocycles. The lowest BCUT2D eigenvalue weighted by Gasteiger charge is -2.46. The van der Waals surface area contributed by atoms with Gasteiger partial charge in [0.25, 0.3) is 0 Å². The maximum absolute atomic E-state index is 14.5. The van der Waals surface area contributed by atoms with Gasteiger partial charge in [-0.1, -0.05) is 77.8 Å². The van der Waals surface area contributed by atoms with Crippen molar-refractivity contribution in [3.63, 3.8) is 0 Å². The Hall–Kier alpha value is -5.25. The van der Waals surface area contributed by atoms with Gasteiger partial charge < -0.3 is 28.9 Å². The highest BCUT2D eigenvalue weighted by Gasteiger charge is 2.66. The Balaban J connectivity index is 1.80. The van der Waals surface area contributed by atoms with Crippen LogP contribution in [0.5, 0.6) is 0 Å². The second kappa shape index (κ2) is 13.7. The van der Waals surface area contributed by atoms with E-state index < -0.39 is 23.6 Å². The second-order valence-corrected chi connectivity index (χ2v) is 12.3. The van der Waals surface area contributed by atoms with Crippen LogP contribution in [0.2, 0.25) is 10.0 Å². The standard InChI is InChI=1S/C38H33Cl2N3O6/c1-24(35(44)47-2)34-38(32(36(45)48-3)33(37(46)49-4)43(34)29-10-6-5-7-11-29)41(22-25-14-18-27(39)19-15-25)30-12-8-9-13-31(30)42(38)23-26-16-20-28(40)21-17-26/h5-21H,22-23H2,1-4H3/b34-24+. The number of carbonyl (C=O) groups excluding carboxylic acids is 3. The SMILES string of the molecule is COC(=O)C1=C(C(=O)OC)C2(/C(=C(/C)C(=O)OC)N1c1ccccc1)N(Cc1ccc(Cl)cc1)c1ccccc1N2Cc1ccc(Cl)cc1. The summed E-state index contributed by atoms with van der Waals surface area (Å²) in [5.74, 6) is -2.24. The lowest BCUT2D eigenvalue weighted by Crippen LogP contribution is -2.61. The molecule has 4 aromatic carbocycles. The van der Waals surface area contributed by atoms with E-state index in [-0.39, 0.29) is 29.9 Å². The molecule has 0 amide bonds. The fourth-order valence-electron chi connectivity index (χ4n) is 6.69. The molecular formula is C38H33Cl2N3O6. The first-order valence-corrected chi connectivity index (χ1v) is 16.1. The Labute approximate surface area is 294 Å². The first kappa shape index (κ1) is 33.6. The van der Waals surface area contributed by atoms with Gasteiger partial charge in [-0.25, -0.2) is 14.4 Å². The minimum absolute atomic E-state index is 0.0388. The quantitative estimate of drug-likeness (QED) is 0.107. The molecule has 1 spiro atoms. The van der Waals surface area contributed by atoms with Crippen LogP contribution < -0.4 is 14.7 Å². The number of fused-ring (bicyclic) bond motifs is 1. The number of halogens is 2. The van der Waals surface area contributed by atoms with E-state index in [1.807, 2.05) is 64.4 Å². The fraction of sp³-hybridized carbons (Fsp3) is 0.184. The van der Waals surface area contributed by atoms with Gasteiger partial charge in [0, 0.05) is 28.8 Å². The van der Waals surface area contributed by atoms with Gasteiger partial charge in [0.05, 0.1) is 44.0 Å². The number of nitrogens with zero attached hydrogens (tertiary/aromatic N) is 3. The number of hydrogen-bond donors (Lipinski definition) is 0. The predicted octanol–water partition coefficient (Wildman–Crippen LogP) is 7.28. The van der Waals surface area contributed by atoms with Crippen molar-refractivity contribution >= 4 is 58.2 Å². The molecule has 2 heterocycles. The number of anilines is 3. The van der Waals surface area contributed by atoms with Crippen LogP contribution in [0, 0.1) is 0 Å². The number of ether oxygens (including phenoxy) is 3. The molecule has 250 valence electrons. The summed E-state index contributed by atoms with van der Waals surface area (Å²) in [7, 11) is 3.79. The largest absolute Gasteiger partial charge is 0.466 e. The Morgan fingerprint density at radius 2 is 1.10 bits per heavy atom. The molecule has 0 fully saturated rings. The van der Waals surface area contributed by atoms with Gasteiger partial charge in [-0.05, 0) is 66.6 Å². The number of rotatable bonds is 8. The Kier molecular flexibility index (Phi) is 9.41. The van der Waals surface area contributed by atoms with Crippen LogP contribution in [-0.2, 0) is 41.7 Å². The van der Waals surface area contributed by atoms with Crippen molar-refractivity contribution in [3.8, 4) is 0 Å². The van der Waals surface area contributed by atoms with Crippen molar-refractivity contribution < 1.29 is 28.6 Å². The van der Waals surface area contributed by atoms with Gasteiger partial charge in [-0.15, -0.1) is 0 Å². The van der Waals surface area contributed by atoms with Crippen LogP contribution in [0.1, 0.15) is 18.1 Å². The van der Waals surface area contributed by atoms with E-state index in [2.05, 4.69) is 0 Å². The molecule has 0 N–H and O–H groups in total. The van der Waals surface area contributed by atoms with E-state index in [9.17, 15) is 14.4 Å². The number of benzene rings is 4. The molecule has 0 bridgehead atoms. The Bertz CT molecular complexity index is 1900. The molecule has 4 aromatic rings. The first-order valence-electron chi connectivity index (χ1n) is 15.4. The third-order valence-corrected chi connectivity index (χ3v) is 9.25. The van der Waals surface area contributed by atoms with Gasteiger partial charge >= 0.3 is 17.9 Å². The molecule has 2 aliphatic heterocycles. The van der Waals surface area contributed by atoms with E-state index in [0.29, 0.717) is 21.4 Å². The molecule has 0 aromatic heterocycles. The summed E-state index contributed by atoms with van der Waals surface area (Å²) in [6.45, 7) is 2.07. The van der Waals surface area contributed by atoms with Gasteiger partial charge in [0.15, 0.2) is 5.66 Å². The molecule has 49 heavy (non-hydrogen) atoms. The minimum Gasteiger partial charge on any atom is -0.466 e. The lowest BCUT2D eigenvalue weighted by atomic mass is 9.90. The highest BCUT2D eigenvalue weighted by molar-refractivity contribution is 6.30. The molecular weight excluding hydrogens is 665 g/mol. The summed E-state index contributed by atoms with van der Waals surface area (Å²) in [5, 5.41) is 1.12. The zero-order valence-corrected chi connectivity index (χ0v) is 28.8. The highest BCUT2D eigenvalue weighted by atomic mass is 35.5. The highest BCUT2D eigenvalue weighted by Crippen LogP contribution is 2.59. The molecule has 0 unspecified atom stereocenters. The van der Waals surface area contributed by atoms with Crippen LogP contribution in [0.25, 0.3) is 0 Å².